The lowest BCUT2D eigenvalue weighted by Crippen LogP contribution is -2.17. The molecule has 0 amide bonds. The molecule has 1 saturated heterocycles. The predicted molar refractivity (Wildman–Crippen MR) is 104 cm³/mol. The lowest BCUT2D eigenvalue weighted by molar-refractivity contribution is 0.0912. The number of H-pyrrole nitrogens is 1. The summed E-state index contributed by atoms with van der Waals surface area (Å²) in [6.07, 6.45) is 3.84. The molecule has 4 aromatic rings. The van der Waals surface area contributed by atoms with E-state index in [0.29, 0.717) is 39.3 Å². The van der Waals surface area contributed by atoms with Gasteiger partial charge in [0.2, 0.25) is 5.16 Å². The minimum absolute atomic E-state index is 0.156. The van der Waals surface area contributed by atoms with Crippen LogP contribution in [0.2, 0.25) is 0 Å². The first-order valence-corrected chi connectivity index (χ1v) is 10.7. The van der Waals surface area contributed by atoms with Gasteiger partial charge in [-0.1, -0.05) is 11.8 Å². The Morgan fingerprint density at radius 2 is 2.39 bits per heavy atom. The van der Waals surface area contributed by atoms with E-state index in [1.165, 1.54) is 23.1 Å². The van der Waals surface area contributed by atoms with E-state index in [1.54, 1.807) is 17.0 Å². The topological polar surface area (TPSA) is 112 Å². The molecule has 1 fully saturated rings. The highest BCUT2D eigenvalue weighted by molar-refractivity contribution is 7.98. The summed E-state index contributed by atoms with van der Waals surface area (Å²) < 4.78 is 12.8. The van der Waals surface area contributed by atoms with Crippen molar-refractivity contribution < 1.29 is 9.15 Å². The number of fused-ring (bicyclic) bond motifs is 1. The number of nitrogens with one attached hydrogen (secondary N) is 1. The molecule has 1 aliphatic heterocycles. The van der Waals surface area contributed by atoms with Gasteiger partial charge in [0, 0.05) is 17.6 Å². The zero-order valence-electron chi connectivity index (χ0n) is 14.7. The van der Waals surface area contributed by atoms with Crippen molar-refractivity contribution >= 4 is 33.3 Å². The van der Waals surface area contributed by atoms with Gasteiger partial charge in [-0.3, -0.25) is 4.79 Å². The maximum atomic E-state index is 12.6. The number of thiophene rings is 1. The van der Waals surface area contributed by atoms with Crippen LogP contribution in [-0.2, 0) is 17.0 Å². The number of tetrazole rings is 1. The first-order chi connectivity index (χ1) is 13.8. The SMILES string of the molecule is O=c1[nH]c(CSc2nnnn2C[C@H]2CCCO2)nc2scc(-c3ccco3)c12. The van der Waals surface area contributed by atoms with Crippen molar-refractivity contribution in [2.45, 2.75) is 36.4 Å². The van der Waals surface area contributed by atoms with Crippen molar-refractivity contribution in [3.8, 4) is 11.3 Å². The third kappa shape index (κ3) is 3.36. The first kappa shape index (κ1) is 17.6. The van der Waals surface area contributed by atoms with Gasteiger partial charge < -0.3 is 14.1 Å². The van der Waals surface area contributed by atoms with E-state index in [1.807, 2.05) is 11.4 Å². The molecule has 0 unspecified atom stereocenters. The van der Waals surface area contributed by atoms with E-state index in [2.05, 4.69) is 25.5 Å². The molecule has 5 rings (SSSR count). The highest BCUT2D eigenvalue weighted by Gasteiger charge is 2.19. The van der Waals surface area contributed by atoms with Crippen LogP contribution in [0.5, 0.6) is 0 Å². The maximum Gasteiger partial charge on any atom is 0.260 e. The predicted octanol–water partition coefficient (Wildman–Crippen LogP) is 2.70. The Bertz CT molecular complexity index is 1140. The Hall–Kier alpha value is -2.50. The largest absolute Gasteiger partial charge is 0.464 e. The number of furan rings is 1. The molecule has 0 spiro atoms. The number of nitrogens with zero attached hydrogens (tertiary/aromatic N) is 5. The van der Waals surface area contributed by atoms with Crippen molar-refractivity contribution in [1.82, 2.24) is 30.2 Å². The molecule has 1 aliphatic rings. The summed E-state index contributed by atoms with van der Waals surface area (Å²) in [4.78, 5) is 20.8. The average molecular weight is 416 g/mol. The van der Waals surface area contributed by atoms with Crippen LogP contribution >= 0.6 is 23.1 Å². The van der Waals surface area contributed by atoms with Gasteiger partial charge in [-0.2, -0.15) is 0 Å². The van der Waals surface area contributed by atoms with E-state index in [4.69, 9.17) is 9.15 Å². The summed E-state index contributed by atoms with van der Waals surface area (Å²) in [5, 5.41) is 15.0. The Labute approximate surface area is 167 Å². The molecule has 0 saturated carbocycles. The Morgan fingerprint density at radius 1 is 1.43 bits per heavy atom. The van der Waals surface area contributed by atoms with Crippen LogP contribution in [0.4, 0.5) is 0 Å². The highest BCUT2D eigenvalue weighted by Crippen LogP contribution is 2.31. The minimum atomic E-state index is -0.174. The number of hydrogen-bond donors (Lipinski definition) is 1. The number of ether oxygens (including phenoxy) is 1. The van der Waals surface area contributed by atoms with Crippen molar-refractivity contribution in [2.24, 2.45) is 0 Å². The van der Waals surface area contributed by atoms with Crippen LogP contribution in [-0.4, -0.2) is 42.9 Å². The van der Waals surface area contributed by atoms with E-state index in [9.17, 15) is 4.79 Å². The van der Waals surface area contributed by atoms with E-state index < -0.39 is 0 Å². The quantitative estimate of drug-likeness (QED) is 0.478. The summed E-state index contributed by atoms with van der Waals surface area (Å²) >= 11 is 2.86. The van der Waals surface area contributed by atoms with Crippen molar-refractivity contribution in [3.05, 3.63) is 40.0 Å². The standard InChI is InChI=1S/C17H16N6O3S2/c24-15-14-11(12-4-2-6-26-12)8-27-16(14)19-13(18-15)9-28-17-20-21-22-23(17)7-10-3-1-5-25-10/h2,4,6,8,10H,1,3,5,7,9H2,(H,18,19,24)/t10-/m1/s1. The summed E-state index contributed by atoms with van der Waals surface area (Å²) in [5.74, 6) is 1.71. The minimum Gasteiger partial charge on any atom is -0.464 e. The van der Waals surface area contributed by atoms with Gasteiger partial charge in [0.15, 0.2) is 0 Å². The van der Waals surface area contributed by atoms with Crippen LogP contribution in [0.3, 0.4) is 0 Å². The van der Waals surface area contributed by atoms with Gasteiger partial charge in [0.1, 0.15) is 16.4 Å². The third-order valence-electron chi connectivity index (χ3n) is 4.52. The number of rotatable bonds is 6. The molecular formula is C17H16N6O3S2. The van der Waals surface area contributed by atoms with Crippen LogP contribution in [0, 0.1) is 0 Å². The second-order valence-electron chi connectivity index (χ2n) is 6.39. The normalized spacial score (nSPS) is 16.9. The van der Waals surface area contributed by atoms with Crippen LogP contribution in [0.15, 0.2) is 38.1 Å². The number of aromatic nitrogens is 6. The van der Waals surface area contributed by atoms with Crippen molar-refractivity contribution in [3.63, 3.8) is 0 Å². The molecule has 5 heterocycles. The molecule has 4 aromatic heterocycles. The average Bonchev–Trinajstić information content (AvgIpc) is 3.47. The molecule has 28 heavy (non-hydrogen) atoms. The van der Waals surface area contributed by atoms with Gasteiger partial charge in [-0.25, -0.2) is 9.67 Å². The number of thioether (sulfide) groups is 1. The van der Waals surface area contributed by atoms with Gasteiger partial charge >= 0.3 is 0 Å². The van der Waals surface area contributed by atoms with Gasteiger partial charge in [0.05, 0.1) is 30.1 Å². The number of hydrogen-bond acceptors (Lipinski definition) is 9. The van der Waals surface area contributed by atoms with Crippen molar-refractivity contribution in [2.75, 3.05) is 6.61 Å². The molecule has 1 atom stereocenters. The highest BCUT2D eigenvalue weighted by atomic mass is 32.2. The van der Waals surface area contributed by atoms with Crippen molar-refractivity contribution in [1.29, 1.82) is 0 Å². The Balaban J connectivity index is 1.35. The molecule has 9 nitrogen and oxygen atoms in total. The van der Waals surface area contributed by atoms with Crippen LogP contribution in [0.1, 0.15) is 18.7 Å². The third-order valence-corrected chi connectivity index (χ3v) is 6.36. The van der Waals surface area contributed by atoms with Gasteiger partial charge in [-0.15, -0.1) is 16.4 Å². The molecular weight excluding hydrogens is 400 g/mol. The van der Waals surface area contributed by atoms with Gasteiger partial charge in [0.25, 0.3) is 5.56 Å². The molecule has 144 valence electrons. The van der Waals surface area contributed by atoms with E-state index in [0.717, 1.165) is 25.0 Å². The molecule has 0 radical (unpaired) electrons. The monoisotopic (exact) mass is 416 g/mol. The van der Waals surface area contributed by atoms with E-state index >= 15 is 0 Å². The van der Waals surface area contributed by atoms with Crippen LogP contribution in [0.25, 0.3) is 21.5 Å². The lowest BCUT2D eigenvalue weighted by atomic mass is 10.2. The Kier molecular flexibility index (Phi) is 4.71. The summed E-state index contributed by atoms with van der Waals surface area (Å²) in [6.45, 7) is 1.43. The first-order valence-electron chi connectivity index (χ1n) is 8.83. The molecule has 0 bridgehead atoms. The van der Waals surface area contributed by atoms with Crippen LogP contribution < -0.4 is 5.56 Å². The molecule has 11 heteroatoms. The summed E-state index contributed by atoms with van der Waals surface area (Å²) in [7, 11) is 0. The smallest absolute Gasteiger partial charge is 0.260 e. The molecule has 0 aliphatic carbocycles. The fourth-order valence-electron chi connectivity index (χ4n) is 3.20. The zero-order valence-corrected chi connectivity index (χ0v) is 16.3. The fraction of sp³-hybridized carbons (Fsp3) is 0.353. The summed E-state index contributed by atoms with van der Waals surface area (Å²) in [5.41, 5.74) is 0.589. The van der Waals surface area contributed by atoms with E-state index in [-0.39, 0.29) is 11.7 Å². The number of aromatic amines is 1. The zero-order chi connectivity index (χ0) is 18.9. The fourth-order valence-corrected chi connectivity index (χ4v) is 4.91. The molecule has 0 aromatic carbocycles. The second kappa shape index (κ2) is 7.49. The molecule has 1 N–H and O–H groups in total. The van der Waals surface area contributed by atoms with Gasteiger partial charge in [-0.05, 0) is 35.4 Å². The summed E-state index contributed by atoms with van der Waals surface area (Å²) in [6, 6.07) is 3.63. The second-order valence-corrected chi connectivity index (χ2v) is 8.19. The Morgan fingerprint density at radius 3 is 3.21 bits per heavy atom. The lowest BCUT2D eigenvalue weighted by Gasteiger charge is -2.09. The maximum absolute atomic E-state index is 12.6.